The van der Waals surface area contributed by atoms with Gasteiger partial charge in [0.15, 0.2) is 0 Å². The van der Waals surface area contributed by atoms with Crippen LogP contribution in [0, 0.1) is 12.7 Å². The highest BCUT2D eigenvalue weighted by Crippen LogP contribution is 2.23. The fourth-order valence-electron chi connectivity index (χ4n) is 1.50. The quantitative estimate of drug-likeness (QED) is 0.863. The van der Waals surface area contributed by atoms with Crippen LogP contribution in [0.5, 0.6) is 5.88 Å². The molecule has 88 valence electrons. The zero-order valence-electron chi connectivity index (χ0n) is 9.57. The summed E-state index contributed by atoms with van der Waals surface area (Å²) in [4.78, 5) is 7.98. The van der Waals surface area contributed by atoms with Crippen LogP contribution in [-0.2, 0) is 0 Å². The molecule has 5 heteroatoms. The van der Waals surface area contributed by atoms with Crippen molar-refractivity contribution in [2.24, 2.45) is 0 Å². The molecule has 0 radical (unpaired) electrons. The van der Waals surface area contributed by atoms with Crippen LogP contribution in [0.4, 0.5) is 10.3 Å². The zero-order valence-corrected chi connectivity index (χ0v) is 9.57. The molecule has 0 fully saturated rings. The second-order valence-corrected chi connectivity index (χ2v) is 3.62. The van der Waals surface area contributed by atoms with Crippen LogP contribution in [0.3, 0.4) is 0 Å². The lowest BCUT2D eigenvalue weighted by molar-refractivity contribution is 0.398. The Morgan fingerprint density at radius 3 is 2.65 bits per heavy atom. The molecule has 17 heavy (non-hydrogen) atoms. The molecule has 0 aliphatic carbocycles. The third-order valence-electron chi connectivity index (χ3n) is 2.38. The van der Waals surface area contributed by atoms with E-state index >= 15 is 0 Å². The van der Waals surface area contributed by atoms with E-state index in [1.165, 1.54) is 13.2 Å². The minimum atomic E-state index is -0.247. The summed E-state index contributed by atoms with van der Waals surface area (Å²) in [5.74, 6) is 0.263. The van der Waals surface area contributed by atoms with Crippen molar-refractivity contribution in [3.05, 3.63) is 35.6 Å². The molecule has 0 bridgehead atoms. The highest BCUT2D eigenvalue weighted by Gasteiger charge is 2.06. The predicted octanol–water partition coefficient (Wildman–Crippen LogP) is 2.18. The molecule has 1 heterocycles. The number of ether oxygens (including phenoxy) is 1. The van der Waals surface area contributed by atoms with Crippen LogP contribution >= 0.6 is 0 Å². The first-order valence-electron chi connectivity index (χ1n) is 5.05. The first-order valence-corrected chi connectivity index (χ1v) is 5.05. The zero-order chi connectivity index (χ0) is 12.4. The molecular formula is C12H12FN3O. The summed E-state index contributed by atoms with van der Waals surface area (Å²) < 4.78 is 18.2. The van der Waals surface area contributed by atoms with E-state index in [4.69, 9.17) is 10.5 Å². The molecule has 1 aromatic carbocycles. The normalized spacial score (nSPS) is 10.3. The number of methoxy groups -OCH3 is 1. The van der Waals surface area contributed by atoms with Gasteiger partial charge in [-0.15, -0.1) is 0 Å². The molecule has 0 aliphatic rings. The molecule has 0 spiro atoms. The predicted molar refractivity (Wildman–Crippen MR) is 63.1 cm³/mol. The number of aromatic nitrogens is 2. The van der Waals surface area contributed by atoms with E-state index in [-0.39, 0.29) is 11.8 Å². The van der Waals surface area contributed by atoms with Crippen LogP contribution in [-0.4, -0.2) is 17.1 Å². The maximum atomic E-state index is 13.2. The number of nitrogens with zero attached hydrogens (tertiary/aromatic N) is 2. The van der Waals surface area contributed by atoms with E-state index in [0.29, 0.717) is 17.1 Å². The summed E-state index contributed by atoms with van der Waals surface area (Å²) in [5, 5.41) is 0. The number of aryl methyl sites for hydroxylation is 1. The lowest BCUT2D eigenvalue weighted by Crippen LogP contribution is -1.99. The van der Waals surface area contributed by atoms with Crippen molar-refractivity contribution < 1.29 is 9.13 Å². The number of nitrogen functional groups attached to an aromatic ring is 1. The minimum absolute atomic E-state index is 0.126. The Morgan fingerprint density at radius 2 is 2.00 bits per heavy atom. The summed E-state index contributed by atoms with van der Waals surface area (Å²) in [6, 6.07) is 6.40. The number of rotatable bonds is 2. The van der Waals surface area contributed by atoms with Crippen molar-refractivity contribution in [1.82, 2.24) is 9.97 Å². The van der Waals surface area contributed by atoms with E-state index in [9.17, 15) is 4.39 Å². The molecule has 1 aromatic heterocycles. The fourth-order valence-corrected chi connectivity index (χ4v) is 1.50. The van der Waals surface area contributed by atoms with Gasteiger partial charge in [0.1, 0.15) is 5.82 Å². The smallest absolute Gasteiger partial charge is 0.223 e. The standard InChI is InChI=1S/C12H12FN3O/c1-7-5-8(3-4-9(7)13)10-6-11(17-2)16-12(14)15-10/h3-6H,1-2H3,(H2,14,15,16). The number of benzene rings is 1. The molecule has 2 N–H and O–H groups in total. The van der Waals surface area contributed by atoms with Gasteiger partial charge < -0.3 is 10.5 Å². The van der Waals surface area contributed by atoms with Crippen molar-refractivity contribution in [2.75, 3.05) is 12.8 Å². The summed E-state index contributed by atoms with van der Waals surface area (Å²) in [6.07, 6.45) is 0. The van der Waals surface area contributed by atoms with Crippen molar-refractivity contribution in [3.8, 4) is 17.1 Å². The van der Waals surface area contributed by atoms with Gasteiger partial charge in [-0.1, -0.05) is 0 Å². The first-order chi connectivity index (χ1) is 8.10. The van der Waals surface area contributed by atoms with Crippen molar-refractivity contribution in [3.63, 3.8) is 0 Å². The largest absolute Gasteiger partial charge is 0.481 e. The Balaban J connectivity index is 2.52. The third-order valence-corrected chi connectivity index (χ3v) is 2.38. The van der Waals surface area contributed by atoms with Gasteiger partial charge in [0.25, 0.3) is 0 Å². The molecule has 2 rings (SSSR count). The summed E-state index contributed by atoms with van der Waals surface area (Å²) in [5.41, 5.74) is 7.50. The molecular weight excluding hydrogens is 221 g/mol. The molecule has 0 amide bonds. The Bertz CT molecular complexity index is 557. The van der Waals surface area contributed by atoms with Crippen molar-refractivity contribution in [2.45, 2.75) is 6.92 Å². The molecule has 0 saturated carbocycles. The van der Waals surface area contributed by atoms with E-state index in [0.717, 1.165) is 5.56 Å². The number of hydrogen-bond acceptors (Lipinski definition) is 4. The second kappa shape index (κ2) is 4.37. The minimum Gasteiger partial charge on any atom is -0.481 e. The van der Waals surface area contributed by atoms with Gasteiger partial charge in [-0.05, 0) is 30.7 Å². The lowest BCUT2D eigenvalue weighted by Gasteiger charge is -2.06. The van der Waals surface area contributed by atoms with E-state index in [1.807, 2.05) is 0 Å². The van der Waals surface area contributed by atoms with Gasteiger partial charge >= 0.3 is 0 Å². The maximum Gasteiger partial charge on any atom is 0.223 e. The molecule has 0 aliphatic heterocycles. The summed E-state index contributed by atoms with van der Waals surface area (Å²) in [7, 11) is 1.50. The van der Waals surface area contributed by atoms with Crippen LogP contribution in [0.15, 0.2) is 24.3 Å². The fraction of sp³-hybridized carbons (Fsp3) is 0.167. The third kappa shape index (κ3) is 2.33. The van der Waals surface area contributed by atoms with Gasteiger partial charge in [0, 0.05) is 11.6 Å². The lowest BCUT2D eigenvalue weighted by atomic mass is 10.1. The summed E-state index contributed by atoms with van der Waals surface area (Å²) >= 11 is 0. The Kier molecular flexibility index (Phi) is 2.91. The van der Waals surface area contributed by atoms with Crippen LogP contribution in [0.1, 0.15) is 5.56 Å². The Morgan fingerprint density at radius 1 is 1.24 bits per heavy atom. The molecule has 4 nitrogen and oxygen atoms in total. The van der Waals surface area contributed by atoms with Crippen molar-refractivity contribution >= 4 is 5.95 Å². The topological polar surface area (TPSA) is 61.0 Å². The monoisotopic (exact) mass is 233 g/mol. The average molecular weight is 233 g/mol. The number of halogens is 1. The molecule has 0 saturated heterocycles. The Hall–Kier alpha value is -2.17. The van der Waals surface area contributed by atoms with Crippen LogP contribution in [0.25, 0.3) is 11.3 Å². The highest BCUT2D eigenvalue weighted by molar-refractivity contribution is 5.62. The average Bonchev–Trinajstić information content (AvgIpc) is 2.32. The highest BCUT2D eigenvalue weighted by atomic mass is 19.1. The molecule has 0 unspecified atom stereocenters. The van der Waals surface area contributed by atoms with Crippen molar-refractivity contribution in [1.29, 1.82) is 0 Å². The first kappa shape index (κ1) is 11.3. The number of anilines is 1. The van der Waals surface area contributed by atoms with Gasteiger partial charge in [-0.25, -0.2) is 9.37 Å². The van der Waals surface area contributed by atoms with Gasteiger partial charge in [0.05, 0.1) is 12.8 Å². The molecule has 0 atom stereocenters. The van der Waals surface area contributed by atoms with E-state index < -0.39 is 0 Å². The van der Waals surface area contributed by atoms with Gasteiger partial charge in [-0.2, -0.15) is 4.98 Å². The van der Waals surface area contributed by atoms with E-state index in [1.54, 1.807) is 25.1 Å². The van der Waals surface area contributed by atoms with Gasteiger partial charge in [0.2, 0.25) is 11.8 Å². The maximum absolute atomic E-state index is 13.2. The second-order valence-electron chi connectivity index (χ2n) is 3.62. The number of nitrogens with two attached hydrogens (primary N) is 1. The Labute approximate surface area is 98.3 Å². The summed E-state index contributed by atoms with van der Waals surface area (Å²) in [6.45, 7) is 1.70. The van der Waals surface area contributed by atoms with Crippen LogP contribution < -0.4 is 10.5 Å². The number of hydrogen-bond donors (Lipinski definition) is 1. The SMILES string of the molecule is COc1cc(-c2ccc(F)c(C)c2)nc(N)n1. The van der Waals surface area contributed by atoms with Gasteiger partial charge in [-0.3, -0.25) is 0 Å². The van der Waals surface area contributed by atoms with E-state index in [2.05, 4.69) is 9.97 Å². The van der Waals surface area contributed by atoms with Crippen LogP contribution in [0.2, 0.25) is 0 Å². The molecule has 2 aromatic rings.